The number of hydrogen-bond donors (Lipinski definition) is 0. The fourth-order valence-electron chi connectivity index (χ4n) is 1.91. The maximum absolute atomic E-state index is 12.4. The van der Waals surface area contributed by atoms with E-state index < -0.39 is 12.1 Å². The smallest absolute Gasteiger partial charge is 0.329 e. The van der Waals surface area contributed by atoms with Gasteiger partial charge in [0.25, 0.3) is 0 Å². The lowest BCUT2D eigenvalue weighted by Crippen LogP contribution is -2.19. The van der Waals surface area contributed by atoms with Gasteiger partial charge in [-0.15, -0.1) is 11.3 Å². The minimum Gasteiger partial charge on any atom is -0.329 e. The summed E-state index contributed by atoms with van der Waals surface area (Å²) in [5, 5.41) is 3.38. The van der Waals surface area contributed by atoms with Gasteiger partial charge in [-0.25, -0.2) is 0 Å². The molecule has 0 radical (unpaired) electrons. The van der Waals surface area contributed by atoms with E-state index >= 15 is 0 Å². The van der Waals surface area contributed by atoms with Gasteiger partial charge in [-0.3, -0.25) is 4.90 Å². The van der Waals surface area contributed by atoms with Gasteiger partial charge in [0.1, 0.15) is 0 Å². The van der Waals surface area contributed by atoms with Crippen LogP contribution in [0.3, 0.4) is 0 Å². The number of rotatable bonds is 4. The third-order valence-electron chi connectivity index (χ3n) is 3.13. The topological polar surface area (TPSA) is 42.2 Å². The van der Waals surface area contributed by atoms with Crippen LogP contribution >= 0.6 is 11.3 Å². The van der Waals surface area contributed by atoms with E-state index in [1.54, 1.807) is 6.07 Å². The minimum absolute atomic E-state index is 0.0114. The van der Waals surface area contributed by atoms with Crippen molar-refractivity contribution in [2.75, 3.05) is 7.05 Å². The largest absolute Gasteiger partial charge is 0.471 e. The van der Waals surface area contributed by atoms with Crippen LogP contribution < -0.4 is 0 Å². The number of thiophene rings is 1. The molecule has 2 heterocycles. The second kappa shape index (κ2) is 4.85. The first-order valence-corrected chi connectivity index (χ1v) is 6.95. The summed E-state index contributed by atoms with van der Waals surface area (Å²) in [4.78, 5) is 7.29. The van der Waals surface area contributed by atoms with Crippen molar-refractivity contribution in [3.05, 3.63) is 22.9 Å². The summed E-state index contributed by atoms with van der Waals surface area (Å²) in [6, 6.07) is 4.26. The molecule has 1 fully saturated rings. The van der Waals surface area contributed by atoms with Crippen molar-refractivity contribution < 1.29 is 17.7 Å². The lowest BCUT2D eigenvalue weighted by atomic mass is 10.4. The Morgan fingerprint density at radius 1 is 1.40 bits per heavy atom. The zero-order valence-electron chi connectivity index (χ0n) is 10.6. The molecule has 0 unspecified atom stereocenters. The fraction of sp³-hybridized carbons (Fsp3) is 0.500. The van der Waals surface area contributed by atoms with Gasteiger partial charge < -0.3 is 4.52 Å². The maximum atomic E-state index is 12.4. The molecule has 1 aliphatic rings. The molecule has 1 aliphatic carbocycles. The molecule has 0 aromatic carbocycles. The van der Waals surface area contributed by atoms with Gasteiger partial charge in [-0.1, -0.05) is 5.16 Å². The zero-order chi connectivity index (χ0) is 14.3. The van der Waals surface area contributed by atoms with Gasteiger partial charge in [0.15, 0.2) is 0 Å². The molecule has 20 heavy (non-hydrogen) atoms. The fourth-order valence-corrected chi connectivity index (χ4v) is 2.91. The first-order valence-electron chi connectivity index (χ1n) is 6.14. The molecule has 0 amide bonds. The Bertz CT molecular complexity index is 603. The van der Waals surface area contributed by atoms with E-state index in [9.17, 15) is 13.2 Å². The highest BCUT2D eigenvalue weighted by molar-refractivity contribution is 7.15. The predicted molar refractivity (Wildman–Crippen MR) is 67.1 cm³/mol. The second-order valence-electron chi connectivity index (χ2n) is 4.83. The maximum Gasteiger partial charge on any atom is 0.471 e. The van der Waals surface area contributed by atoms with Crippen molar-refractivity contribution in [1.82, 2.24) is 15.0 Å². The molecule has 8 heteroatoms. The van der Waals surface area contributed by atoms with Gasteiger partial charge >= 0.3 is 12.1 Å². The Balaban J connectivity index is 1.74. The van der Waals surface area contributed by atoms with Crippen molar-refractivity contribution in [2.45, 2.75) is 31.6 Å². The van der Waals surface area contributed by atoms with Crippen LogP contribution in [0.25, 0.3) is 10.7 Å². The van der Waals surface area contributed by atoms with Crippen LogP contribution in [-0.2, 0) is 12.7 Å². The molecule has 0 bridgehead atoms. The van der Waals surface area contributed by atoms with E-state index in [4.69, 9.17) is 0 Å². The third kappa shape index (κ3) is 2.85. The lowest BCUT2D eigenvalue weighted by Gasteiger charge is -2.13. The lowest BCUT2D eigenvalue weighted by molar-refractivity contribution is -0.159. The molecule has 4 nitrogen and oxygen atoms in total. The average molecular weight is 303 g/mol. The third-order valence-corrected chi connectivity index (χ3v) is 4.19. The van der Waals surface area contributed by atoms with Crippen molar-refractivity contribution in [2.24, 2.45) is 0 Å². The Labute approximate surface area is 117 Å². The molecule has 2 aromatic heterocycles. The highest BCUT2D eigenvalue weighted by atomic mass is 32.1. The monoisotopic (exact) mass is 303 g/mol. The molecular weight excluding hydrogens is 291 g/mol. The summed E-state index contributed by atoms with van der Waals surface area (Å²) < 4.78 is 41.4. The number of alkyl halides is 3. The predicted octanol–water partition coefficient (Wildman–Crippen LogP) is 3.41. The van der Waals surface area contributed by atoms with Crippen LogP contribution in [0, 0.1) is 0 Å². The number of halogens is 3. The average Bonchev–Trinajstić information content (AvgIpc) is 2.91. The van der Waals surface area contributed by atoms with E-state index in [1.807, 2.05) is 13.1 Å². The number of aromatic nitrogens is 2. The summed E-state index contributed by atoms with van der Waals surface area (Å²) in [5.41, 5.74) is 0. The first-order chi connectivity index (χ1) is 9.43. The molecular formula is C12H12F3N3OS. The Hall–Kier alpha value is -1.41. The molecule has 0 atom stereocenters. The van der Waals surface area contributed by atoms with Crippen molar-refractivity contribution >= 4 is 11.3 Å². The van der Waals surface area contributed by atoms with E-state index in [0.29, 0.717) is 10.9 Å². The quantitative estimate of drug-likeness (QED) is 0.868. The summed E-state index contributed by atoms with van der Waals surface area (Å²) in [5.74, 6) is -1.32. The minimum atomic E-state index is -4.60. The first kappa shape index (κ1) is 13.6. The molecule has 0 spiro atoms. The van der Waals surface area contributed by atoms with Crippen LogP contribution in [0.15, 0.2) is 16.7 Å². The Morgan fingerprint density at radius 2 is 2.15 bits per heavy atom. The standard InChI is InChI=1S/C12H12F3N3OS/c1-18(7-2-3-7)6-8-4-5-9(20-8)10-16-11(19-17-10)12(13,14)15/h4-5,7H,2-3,6H2,1H3. The second-order valence-corrected chi connectivity index (χ2v) is 6.00. The zero-order valence-corrected chi connectivity index (χ0v) is 11.5. The molecule has 3 rings (SSSR count). The van der Waals surface area contributed by atoms with Gasteiger partial charge in [0, 0.05) is 17.5 Å². The molecule has 0 N–H and O–H groups in total. The van der Waals surface area contributed by atoms with Gasteiger partial charge in [0.2, 0.25) is 5.82 Å². The van der Waals surface area contributed by atoms with Crippen molar-refractivity contribution in [3.63, 3.8) is 0 Å². The molecule has 0 saturated heterocycles. The SMILES string of the molecule is CN(Cc1ccc(-c2noc(C(F)(F)F)n2)s1)C1CC1. The van der Waals surface area contributed by atoms with E-state index in [0.717, 1.165) is 11.4 Å². The van der Waals surface area contributed by atoms with E-state index in [-0.39, 0.29) is 5.82 Å². The number of nitrogens with zero attached hydrogens (tertiary/aromatic N) is 3. The normalized spacial score (nSPS) is 16.1. The van der Waals surface area contributed by atoms with Crippen LogP contribution in [0.5, 0.6) is 0 Å². The highest BCUT2D eigenvalue weighted by Crippen LogP contribution is 2.33. The summed E-state index contributed by atoms with van der Waals surface area (Å²) >= 11 is 1.39. The summed E-state index contributed by atoms with van der Waals surface area (Å²) in [6.07, 6.45) is -2.17. The number of hydrogen-bond acceptors (Lipinski definition) is 5. The van der Waals surface area contributed by atoms with Gasteiger partial charge in [0.05, 0.1) is 4.88 Å². The van der Waals surface area contributed by atoms with Crippen molar-refractivity contribution in [1.29, 1.82) is 0 Å². The van der Waals surface area contributed by atoms with Crippen molar-refractivity contribution in [3.8, 4) is 10.7 Å². The van der Waals surface area contributed by atoms with Gasteiger partial charge in [-0.05, 0) is 32.0 Å². The van der Waals surface area contributed by atoms with E-state index in [2.05, 4.69) is 19.6 Å². The Morgan fingerprint density at radius 3 is 2.75 bits per heavy atom. The van der Waals surface area contributed by atoms with Gasteiger partial charge in [-0.2, -0.15) is 18.2 Å². The Kier molecular flexibility index (Phi) is 3.29. The molecule has 0 aliphatic heterocycles. The van der Waals surface area contributed by atoms with Crippen LogP contribution in [0.1, 0.15) is 23.6 Å². The van der Waals surface area contributed by atoms with Crippen LogP contribution in [0.2, 0.25) is 0 Å². The molecule has 1 saturated carbocycles. The van der Waals surface area contributed by atoms with Crippen LogP contribution in [0.4, 0.5) is 13.2 Å². The molecule has 108 valence electrons. The summed E-state index contributed by atoms with van der Waals surface area (Å²) in [7, 11) is 2.05. The van der Waals surface area contributed by atoms with Crippen LogP contribution in [-0.4, -0.2) is 28.1 Å². The summed E-state index contributed by atoms with van der Waals surface area (Å²) in [6.45, 7) is 0.791. The molecule has 2 aromatic rings. The van der Waals surface area contributed by atoms with E-state index in [1.165, 1.54) is 24.2 Å². The highest BCUT2D eigenvalue weighted by Gasteiger charge is 2.38.